The molecule has 1 saturated carbocycles. The number of thioether (sulfide) groups is 1. The lowest BCUT2D eigenvalue weighted by Crippen LogP contribution is -2.53. The summed E-state index contributed by atoms with van der Waals surface area (Å²) in [5.74, 6) is 4.03. The van der Waals surface area contributed by atoms with E-state index in [0.29, 0.717) is 11.3 Å². The number of aliphatic imine (C=N–C) groups is 1. The summed E-state index contributed by atoms with van der Waals surface area (Å²) in [6.45, 7) is 9.18. The molecule has 1 N–H and O–H groups in total. The average Bonchev–Trinajstić information content (AvgIpc) is 3.03. The van der Waals surface area contributed by atoms with Crippen molar-refractivity contribution in [2.75, 3.05) is 38.6 Å². The SMILES string of the molecule is CCOCCCNC(=NCc1nnc(C)n1C)N1CCSC2(CCCCC2)C1. The highest BCUT2D eigenvalue weighted by atomic mass is 32.2. The van der Waals surface area contributed by atoms with Crippen molar-refractivity contribution in [3.8, 4) is 0 Å². The van der Waals surface area contributed by atoms with Gasteiger partial charge >= 0.3 is 0 Å². The zero-order chi connectivity index (χ0) is 19.8. The van der Waals surface area contributed by atoms with E-state index in [1.54, 1.807) is 0 Å². The maximum absolute atomic E-state index is 5.48. The summed E-state index contributed by atoms with van der Waals surface area (Å²) in [6, 6.07) is 0. The molecule has 0 aromatic carbocycles. The molecule has 8 heteroatoms. The number of nitrogens with one attached hydrogen (secondary N) is 1. The van der Waals surface area contributed by atoms with E-state index < -0.39 is 0 Å². The van der Waals surface area contributed by atoms with E-state index in [4.69, 9.17) is 9.73 Å². The molecule has 3 rings (SSSR count). The Bertz CT molecular complexity index is 635. The second kappa shape index (κ2) is 10.5. The molecule has 2 aliphatic rings. The minimum Gasteiger partial charge on any atom is -0.382 e. The second-order valence-electron chi connectivity index (χ2n) is 7.85. The molecule has 0 bridgehead atoms. The lowest BCUT2D eigenvalue weighted by molar-refractivity contribution is 0.145. The van der Waals surface area contributed by atoms with Crippen molar-refractivity contribution >= 4 is 17.7 Å². The van der Waals surface area contributed by atoms with Crippen molar-refractivity contribution < 1.29 is 4.74 Å². The fourth-order valence-corrected chi connectivity index (χ4v) is 5.61. The molecule has 2 heterocycles. The highest BCUT2D eigenvalue weighted by Gasteiger charge is 2.38. The van der Waals surface area contributed by atoms with Crippen LogP contribution in [0.5, 0.6) is 0 Å². The van der Waals surface area contributed by atoms with E-state index in [0.717, 1.165) is 56.9 Å². The van der Waals surface area contributed by atoms with Gasteiger partial charge in [-0.2, -0.15) is 11.8 Å². The van der Waals surface area contributed by atoms with Crippen LogP contribution in [0.25, 0.3) is 0 Å². The first-order valence-corrected chi connectivity index (χ1v) is 11.7. The zero-order valence-corrected chi connectivity index (χ0v) is 18.6. The molecule has 1 aliphatic carbocycles. The van der Waals surface area contributed by atoms with Gasteiger partial charge < -0.3 is 19.5 Å². The predicted octanol–water partition coefficient (Wildman–Crippen LogP) is 2.75. The third kappa shape index (κ3) is 5.63. The lowest BCUT2D eigenvalue weighted by Gasteiger charge is -2.45. The molecule has 2 fully saturated rings. The molecule has 0 atom stereocenters. The number of hydrogen-bond donors (Lipinski definition) is 1. The van der Waals surface area contributed by atoms with Crippen molar-refractivity contribution in [3.05, 3.63) is 11.6 Å². The van der Waals surface area contributed by atoms with Gasteiger partial charge in [-0.25, -0.2) is 4.99 Å². The first-order valence-electron chi connectivity index (χ1n) is 10.7. The first-order chi connectivity index (χ1) is 13.6. The number of nitrogens with zero attached hydrogens (tertiary/aromatic N) is 5. The molecular formula is C20H36N6OS. The van der Waals surface area contributed by atoms with Crippen LogP contribution in [0.2, 0.25) is 0 Å². The number of hydrogen-bond acceptors (Lipinski definition) is 5. The average molecular weight is 409 g/mol. The monoisotopic (exact) mass is 408 g/mol. The van der Waals surface area contributed by atoms with E-state index >= 15 is 0 Å². The molecule has 1 spiro atoms. The number of aromatic nitrogens is 3. The summed E-state index contributed by atoms with van der Waals surface area (Å²) in [6.07, 6.45) is 7.80. The van der Waals surface area contributed by atoms with Crippen LogP contribution in [0.1, 0.15) is 57.1 Å². The van der Waals surface area contributed by atoms with E-state index in [1.807, 2.05) is 25.5 Å². The molecule has 0 radical (unpaired) electrons. The molecule has 1 aliphatic heterocycles. The van der Waals surface area contributed by atoms with Gasteiger partial charge in [-0.15, -0.1) is 10.2 Å². The topological polar surface area (TPSA) is 67.6 Å². The fourth-order valence-electron chi connectivity index (χ4n) is 4.04. The Morgan fingerprint density at radius 1 is 1.29 bits per heavy atom. The Labute approximate surface area is 173 Å². The fraction of sp³-hybridized carbons (Fsp3) is 0.850. The van der Waals surface area contributed by atoms with Crippen LogP contribution in [0.3, 0.4) is 0 Å². The van der Waals surface area contributed by atoms with Crippen LogP contribution < -0.4 is 5.32 Å². The standard InChI is InChI=1S/C20H36N6OS/c1-4-27-13-8-11-21-19(22-15-18-24-23-17(2)25(18)3)26-12-14-28-20(16-26)9-6-5-7-10-20/h4-16H2,1-3H3,(H,21,22). The Hall–Kier alpha value is -1.28. The predicted molar refractivity (Wildman–Crippen MR) is 116 cm³/mol. The molecule has 0 amide bonds. The number of rotatable bonds is 7. The summed E-state index contributed by atoms with van der Waals surface area (Å²) >= 11 is 2.19. The summed E-state index contributed by atoms with van der Waals surface area (Å²) < 4.78 is 7.92. The first kappa shape index (κ1) is 21.4. The quantitative estimate of drug-likeness (QED) is 0.425. The van der Waals surface area contributed by atoms with Gasteiger partial charge in [0.2, 0.25) is 0 Å². The molecule has 28 heavy (non-hydrogen) atoms. The van der Waals surface area contributed by atoms with Crippen molar-refractivity contribution in [2.24, 2.45) is 12.0 Å². The number of guanidine groups is 1. The van der Waals surface area contributed by atoms with Gasteiger partial charge in [0.25, 0.3) is 0 Å². The summed E-state index contributed by atoms with van der Waals surface area (Å²) in [5, 5.41) is 12.0. The van der Waals surface area contributed by atoms with Crippen LogP contribution in [-0.2, 0) is 18.3 Å². The minimum atomic E-state index is 0.422. The third-order valence-corrected chi connectivity index (χ3v) is 7.35. The van der Waals surface area contributed by atoms with Crippen LogP contribution in [0.4, 0.5) is 0 Å². The van der Waals surface area contributed by atoms with Crippen LogP contribution in [0.15, 0.2) is 4.99 Å². The maximum Gasteiger partial charge on any atom is 0.194 e. The van der Waals surface area contributed by atoms with Crippen LogP contribution in [-0.4, -0.2) is 69.0 Å². The summed E-state index contributed by atoms with van der Waals surface area (Å²) in [4.78, 5) is 7.42. The second-order valence-corrected chi connectivity index (χ2v) is 9.42. The van der Waals surface area contributed by atoms with Crippen LogP contribution in [0, 0.1) is 6.92 Å². The highest BCUT2D eigenvalue weighted by molar-refractivity contribution is 8.00. The van der Waals surface area contributed by atoms with E-state index in [2.05, 4.69) is 32.2 Å². The summed E-state index contributed by atoms with van der Waals surface area (Å²) in [7, 11) is 2.00. The minimum absolute atomic E-state index is 0.422. The third-order valence-electron chi connectivity index (χ3n) is 5.82. The van der Waals surface area contributed by atoms with Crippen molar-refractivity contribution in [1.82, 2.24) is 25.0 Å². The van der Waals surface area contributed by atoms with Gasteiger partial charge in [0.05, 0.1) is 0 Å². The Morgan fingerprint density at radius 2 is 2.11 bits per heavy atom. The van der Waals surface area contributed by atoms with Gasteiger partial charge in [-0.1, -0.05) is 19.3 Å². The van der Waals surface area contributed by atoms with Gasteiger partial charge in [0.1, 0.15) is 12.4 Å². The van der Waals surface area contributed by atoms with Crippen molar-refractivity contribution in [1.29, 1.82) is 0 Å². The van der Waals surface area contributed by atoms with Crippen LogP contribution >= 0.6 is 11.8 Å². The number of aryl methyl sites for hydroxylation is 1. The van der Waals surface area contributed by atoms with Gasteiger partial charge in [-0.05, 0) is 33.1 Å². The molecule has 1 saturated heterocycles. The molecular weight excluding hydrogens is 372 g/mol. The highest BCUT2D eigenvalue weighted by Crippen LogP contribution is 2.42. The van der Waals surface area contributed by atoms with E-state index in [-0.39, 0.29) is 0 Å². The zero-order valence-electron chi connectivity index (χ0n) is 17.7. The Kier molecular flexibility index (Phi) is 8.02. The van der Waals surface area contributed by atoms with Crippen molar-refractivity contribution in [2.45, 2.75) is 63.7 Å². The van der Waals surface area contributed by atoms with E-state index in [9.17, 15) is 0 Å². The molecule has 1 aromatic rings. The maximum atomic E-state index is 5.48. The Morgan fingerprint density at radius 3 is 2.82 bits per heavy atom. The molecule has 158 valence electrons. The smallest absolute Gasteiger partial charge is 0.194 e. The van der Waals surface area contributed by atoms with Gasteiger partial charge in [0.15, 0.2) is 11.8 Å². The summed E-state index contributed by atoms with van der Waals surface area (Å²) in [5.41, 5.74) is 0. The molecule has 0 unspecified atom stereocenters. The molecule has 7 nitrogen and oxygen atoms in total. The lowest BCUT2D eigenvalue weighted by atomic mass is 9.87. The normalized spacial score (nSPS) is 20.0. The van der Waals surface area contributed by atoms with Gasteiger partial charge in [0, 0.05) is 50.4 Å². The van der Waals surface area contributed by atoms with Gasteiger partial charge in [-0.3, -0.25) is 0 Å². The largest absolute Gasteiger partial charge is 0.382 e. The molecule has 1 aromatic heterocycles. The Balaban J connectivity index is 1.67. The number of ether oxygens (including phenoxy) is 1. The van der Waals surface area contributed by atoms with E-state index in [1.165, 1.54) is 37.9 Å². The van der Waals surface area contributed by atoms with Crippen molar-refractivity contribution in [3.63, 3.8) is 0 Å².